The van der Waals surface area contributed by atoms with Crippen LogP contribution in [-0.2, 0) is 6.42 Å². The lowest BCUT2D eigenvalue weighted by Crippen LogP contribution is -2.39. The Kier molecular flexibility index (Phi) is 5.57. The van der Waals surface area contributed by atoms with E-state index in [4.69, 9.17) is 5.84 Å². The predicted octanol–water partition coefficient (Wildman–Crippen LogP) is 3.75. The third-order valence-corrected chi connectivity index (χ3v) is 4.12. The molecule has 1 aromatic rings. The maximum atomic E-state index is 5.74. The summed E-state index contributed by atoms with van der Waals surface area (Å²) < 4.78 is 0. The van der Waals surface area contributed by atoms with E-state index in [1.54, 1.807) is 0 Å². The van der Waals surface area contributed by atoms with Gasteiger partial charge in [-0.05, 0) is 43.6 Å². The number of nitrogens with one attached hydrogen (secondary N) is 1. The van der Waals surface area contributed by atoms with Gasteiger partial charge >= 0.3 is 0 Å². The van der Waals surface area contributed by atoms with Crippen molar-refractivity contribution >= 4 is 0 Å². The molecule has 0 spiro atoms. The van der Waals surface area contributed by atoms with Gasteiger partial charge in [-0.15, -0.1) is 0 Å². The molecule has 0 amide bonds. The fraction of sp³-hybridized carbons (Fsp3) is 0.647. The number of hydrogen-bond donors (Lipinski definition) is 2. The number of hydrazine groups is 1. The maximum absolute atomic E-state index is 5.74. The zero-order valence-electron chi connectivity index (χ0n) is 13.4. The predicted molar refractivity (Wildman–Crippen MR) is 84.0 cm³/mol. The molecule has 2 nitrogen and oxygen atoms in total. The van der Waals surface area contributed by atoms with Crippen molar-refractivity contribution in [3.05, 3.63) is 34.9 Å². The number of nitrogens with two attached hydrogens (primary N) is 1. The van der Waals surface area contributed by atoms with E-state index in [2.05, 4.69) is 65.2 Å². The second-order valence-corrected chi connectivity index (χ2v) is 7.07. The molecule has 0 aliphatic carbocycles. The van der Waals surface area contributed by atoms with Gasteiger partial charge in [0.15, 0.2) is 0 Å². The fourth-order valence-electron chi connectivity index (χ4n) is 2.46. The monoisotopic (exact) mass is 262 g/mol. The number of aryl methyl sites for hydroxylation is 2. The van der Waals surface area contributed by atoms with Crippen molar-refractivity contribution in [1.82, 2.24) is 5.43 Å². The highest BCUT2D eigenvalue weighted by molar-refractivity contribution is 5.29. The van der Waals surface area contributed by atoms with Crippen LogP contribution in [0.3, 0.4) is 0 Å². The molecular weight excluding hydrogens is 232 g/mol. The zero-order valence-corrected chi connectivity index (χ0v) is 13.4. The quantitative estimate of drug-likeness (QED) is 0.626. The summed E-state index contributed by atoms with van der Waals surface area (Å²) in [6.07, 6.45) is 2.10. The van der Waals surface area contributed by atoms with Gasteiger partial charge in [-0.1, -0.05) is 57.0 Å². The van der Waals surface area contributed by atoms with Gasteiger partial charge < -0.3 is 0 Å². The minimum Gasteiger partial charge on any atom is -0.271 e. The van der Waals surface area contributed by atoms with Crippen molar-refractivity contribution in [3.63, 3.8) is 0 Å². The van der Waals surface area contributed by atoms with Crippen molar-refractivity contribution in [1.29, 1.82) is 0 Å². The van der Waals surface area contributed by atoms with Crippen LogP contribution < -0.4 is 11.3 Å². The first-order valence-electron chi connectivity index (χ1n) is 7.25. The first-order chi connectivity index (χ1) is 8.72. The van der Waals surface area contributed by atoms with Crippen LogP contribution in [-0.4, -0.2) is 6.04 Å². The Balaban J connectivity index is 2.71. The van der Waals surface area contributed by atoms with Crippen LogP contribution in [0, 0.1) is 25.2 Å². The Morgan fingerprint density at radius 1 is 1.11 bits per heavy atom. The second-order valence-electron chi connectivity index (χ2n) is 7.07. The average Bonchev–Trinajstić information content (AvgIpc) is 2.25. The molecule has 0 aliphatic heterocycles. The first-order valence-corrected chi connectivity index (χ1v) is 7.25. The Hall–Kier alpha value is -0.860. The van der Waals surface area contributed by atoms with E-state index < -0.39 is 0 Å². The summed E-state index contributed by atoms with van der Waals surface area (Å²) in [7, 11) is 0. The molecule has 0 bridgehead atoms. The van der Waals surface area contributed by atoms with Crippen molar-refractivity contribution in [2.45, 2.75) is 60.4 Å². The molecule has 108 valence electrons. The highest BCUT2D eigenvalue weighted by Crippen LogP contribution is 2.29. The topological polar surface area (TPSA) is 38.0 Å². The van der Waals surface area contributed by atoms with Crippen LogP contribution in [0.25, 0.3) is 0 Å². The smallest absolute Gasteiger partial charge is 0.0253 e. The summed E-state index contributed by atoms with van der Waals surface area (Å²) in [5, 5.41) is 0. The minimum atomic E-state index is 0.331. The summed E-state index contributed by atoms with van der Waals surface area (Å²) >= 11 is 0. The highest BCUT2D eigenvalue weighted by Gasteiger charge is 2.23. The van der Waals surface area contributed by atoms with E-state index >= 15 is 0 Å². The molecule has 2 atom stereocenters. The Morgan fingerprint density at radius 2 is 1.63 bits per heavy atom. The summed E-state index contributed by atoms with van der Waals surface area (Å²) in [6, 6.07) is 7.08. The molecule has 0 heterocycles. The van der Waals surface area contributed by atoms with Crippen molar-refractivity contribution in [2.24, 2.45) is 17.2 Å². The molecule has 0 aromatic heterocycles. The van der Waals surface area contributed by atoms with Gasteiger partial charge in [0.2, 0.25) is 0 Å². The SMILES string of the molecule is Cc1cc(C)cc(CC(CC(C)C(C)(C)C)NN)c1. The lowest BCUT2D eigenvalue weighted by Gasteiger charge is -2.30. The van der Waals surface area contributed by atoms with Gasteiger partial charge in [0.05, 0.1) is 0 Å². The van der Waals surface area contributed by atoms with E-state index in [-0.39, 0.29) is 0 Å². The van der Waals surface area contributed by atoms with Crippen molar-refractivity contribution in [2.75, 3.05) is 0 Å². The van der Waals surface area contributed by atoms with Gasteiger partial charge in [0.1, 0.15) is 0 Å². The Bertz CT molecular complexity index is 384. The van der Waals surface area contributed by atoms with Gasteiger partial charge in [0.25, 0.3) is 0 Å². The molecule has 0 fully saturated rings. The number of benzene rings is 1. The van der Waals surface area contributed by atoms with E-state index in [0.717, 1.165) is 12.8 Å². The molecular formula is C17H30N2. The molecule has 2 unspecified atom stereocenters. The molecule has 0 saturated heterocycles. The molecule has 1 aromatic carbocycles. The first kappa shape index (κ1) is 16.2. The molecule has 0 aliphatic rings. The largest absolute Gasteiger partial charge is 0.271 e. The molecule has 2 heteroatoms. The maximum Gasteiger partial charge on any atom is 0.0253 e. The van der Waals surface area contributed by atoms with Crippen LogP contribution in [0.5, 0.6) is 0 Å². The van der Waals surface area contributed by atoms with Crippen LogP contribution in [0.2, 0.25) is 0 Å². The Labute approximate surface area is 118 Å². The third kappa shape index (κ3) is 5.33. The van der Waals surface area contributed by atoms with Crippen LogP contribution in [0.1, 0.15) is 50.8 Å². The normalized spacial score (nSPS) is 15.3. The minimum absolute atomic E-state index is 0.331. The lowest BCUT2D eigenvalue weighted by atomic mass is 9.78. The summed E-state index contributed by atoms with van der Waals surface area (Å²) in [5.74, 6) is 6.38. The van der Waals surface area contributed by atoms with Gasteiger partial charge in [-0.3, -0.25) is 11.3 Å². The van der Waals surface area contributed by atoms with E-state index in [1.807, 2.05) is 0 Å². The lowest BCUT2D eigenvalue weighted by molar-refractivity contribution is 0.222. The average molecular weight is 262 g/mol. The van der Waals surface area contributed by atoms with Gasteiger partial charge in [-0.25, -0.2) is 0 Å². The van der Waals surface area contributed by atoms with Crippen molar-refractivity contribution in [3.8, 4) is 0 Å². The second kappa shape index (κ2) is 6.53. The fourth-order valence-corrected chi connectivity index (χ4v) is 2.46. The summed E-state index contributed by atoms with van der Waals surface area (Å²) in [5.41, 5.74) is 7.36. The third-order valence-electron chi connectivity index (χ3n) is 4.12. The number of rotatable bonds is 5. The zero-order chi connectivity index (χ0) is 14.6. The summed E-state index contributed by atoms with van der Waals surface area (Å²) in [4.78, 5) is 0. The van der Waals surface area contributed by atoms with Gasteiger partial charge in [0, 0.05) is 6.04 Å². The van der Waals surface area contributed by atoms with E-state index in [1.165, 1.54) is 16.7 Å². The Morgan fingerprint density at radius 3 is 2.05 bits per heavy atom. The van der Waals surface area contributed by atoms with Crippen LogP contribution in [0.4, 0.5) is 0 Å². The molecule has 0 radical (unpaired) electrons. The van der Waals surface area contributed by atoms with E-state index in [9.17, 15) is 0 Å². The number of hydrogen-bond acceptors (Lipinski definition) is 2. The molecule has 19 heavy (non-hydrogen) atoms. The van der Waals surface area contributed by atoms with E-state index in [0.29, 0.717) is 17.4 Å². The van der Waals surface area contributed by atoms with Crippen molar-refractivity contribution < 1.29 is 0 Å². The standard InChI is InChI=1S/C17H30N2/c1-12-7-13(2)9-15(8-12)11-16(19-18)10-14(3)17(4,5)6/h7-9,14,16,19H,10-11,18H2,1-6H3. The van der Waals surface area contributed by atoms with Crippen LogP contribution in [0.15, 0.2) is 18.2 Å². The molecule has 1 rings (SSSR count). The van der Waals surface area contributed by atoms with Crippen LogP contribution >= 0.6 is 0 Å². The molecule has 3 N–H and O–H groups in total. The highest BCUT2D eigenvalue weighted by atomic mass is 15.2. The van der Waals surface area contributed by atoms with Gasteiger partial charge in [-0.2, -0.15) is 0 Å². The molecule has 0 saturated carbocycles. The summed E-state index contributed by atoms with van der Waals surface area (Å²) in [6.45, 7) is 13.5.